The maximum atomic E-state index is 14.1. The van der Waals surface area contributed by atoms with E-state index in [1.54, 1.807) is 35.2 Å². The molecule has 0 saturated heterocycles. The number of sulfonamides is 1. The molecule has 4 rings (SSSR count). The Morgan fingerprint density at radius 3 is 2.27 bits per heavy atom. The number of carbonyl (C=O) groups is 2. The monoisotopic (exact) mass is 653 g/mol. The van der Waals surface area contributed by atoms with Crippen LogP contribution in [-0.4, -0.2) is 56.6 Å². The Morgan fingerprint density at radius 1 is 0.956 bits per heavy atom. The van der Waals surface area contributed by atoms with Crippen LogP contribution in [0.25, 0.3) is 0 Å². The molecule has 0 heterocycles. The number of rotatable bonds is 15. The SMILES string of the molecule is CCOc1ccc(N(CCCC(=O)N(Cc2ccccc2Cl)C(Cc2ccccc2)C(=O)NC2CCCCC2)S(C)(=O)=O)cc1. The molecule has 0 radical (unpaired) electrons. The van der Waals surface area contributed by atoms with Crippen molar-refractivity contribution in [2.75, 3.05) is 23.7 Å². The number of ether oxygens (including phenoxy) is 1. The number of amides is 2. The lowest BCUT2D eigenvalue weighted by Crippen LogP contribution is -2.53. The average Bonchev–Trinajstić information content (AvgIpc) is 3.03. The lowest BCUT2D eigenvalue weighted by atomic mass is 9.94. The van der Waals surface area contributed by atoms with Gasteiger partial charge >= 0.3 is 0 Å². The Morgan fingerprint density at radius 2 is 1.62 bits per heavy atom. The van der Waals surface area contributed by atoms with Gasteiger partial charge in [0.05, 0.1) is 18.6 Å². The minimum Gasteiger partial charge on any atom is -0.494 e. The van der Waals surface area contributed by atoms with Gasteiger partial charge < -0.3 is 15.0 Å². The summed E-state index contributed by atoms with van der Waals surface area (Å²) < 4.78 is 32.3. The summed E-state index contributed by atoms with van der Waals surface area (Å²) in [6.45, 7) is 2.65. The van der Waals surface area contributed by atoms with E-state index in [4.69, 9.17) is 16.3 Å². The van der Waals surface area contributed by atoms with E-state index in [0.717, 1.165) is 49.5 Å². The summed E-state index contributed by atoms with van der Waals surface area (Å²) >= 11 is 6.55. The van der Waals surface area contributed by atoms with Crippen LogP contribution in [0.4, 0.5) is 5.69 Å². The van der Waals surface area contributed by atoms with Crippen molar-refractivity contribution in [1.82, 2.24) is 10.2 Å². The van der Waals surface area contributed by atoms with Gasteiger partial charge in [-0.1, -0.05) is 79.4 Å². The van der Waals surface area contributed by atoms with Crippen molar-refractivity contribution < 1.29 is 22.7 Å². The molecule has 0 bridgehead atoms. The molecule has 1 unspecified atom stereocenters. The molecule has 0 aromatic heterocycles. The van der Waals surface area contributed by atoms with Crippen molar-refractivity contribution in [3.05, 3.63) is 95.0 Å². The van der Waals surface area contributed by atoms with Gasteiger partial charge in [-0.25, -0.2) is 8.42 Å². The van der Waals surface area contributed by atoms with Crippen molar-refractivity contribution in [3.8, 4) is 5.75 Å². The fourth-order valence-electron chi connectivity index (χ4n) is 5.79. The van der Waals surface area contributed by atoms with E-state index >= 15 is 0 Å². The van der Waals surface area contributed by atoms with Crippen molar-refractivity contribution in [1.29, 1.82) is 0 Å². The highest BCUT2D eigenvalue weighted by atomic mass is 35.5. The van der Waals surface area contributed by atoms with Crippen LogP contribution < -0.4 is 14.4 Å². The first-order chi connectivity index (χ1) is 21.7. The Labute approximate surface area is 272 Å². The molecule has 1 atom stereocenters. The number of anilines is 1. The number of nitrogens with zero attached hydrogens (tertiary/aromatic N) is 2. The number of hydrogen-bond donors (Lipinski definition) is 1. The minimum absolute atomic E-state index is 0.0511. The quantitative estimate of drug-likeness (QED) is 0.206. The van der Waals surface area contributed by atoms with E-state index < -0.39 is 16.1 Å². The van der Waals surface area contributed by atoms with E-state index in [1.165, 1.54) is 4.31 Å². The van der Waals surface area contributed by atoms with Gasteiger partial charge in [-0.2, -0.15) is 0 Å². The number of halogens is 1. The number of nitrogens with one attached hydrogen (secondary N) is 1. The maximum absolute atomic E-state index is 14.1. The third-order valence-electron chi connectivity index (χ3n) is 8.11. The van der Waals surface area contributed by atoms with Gasteiger partial charge in [0, 0.05) is 37.0 Å². The average molecular weight is 654 g/mol. The molecule has 1 N–H and O–H groups in total. The summed E-state index contributed by atoms with van der Waals surface area (Å²) in [5, 5.41) is 3.75. The van der Waals surface area contributed by atoms with Crippen LogP contribution in [0.5, 0.6) is 5.75 Å². The summed E-state index contributed by atoms with van der Waals surface area (Å²) in [6.07, 6.45) is 6.97. The van der Waals surface area contributed by atoms with Crippen molar-refractivity contribution in [2.24, 2.45) is 0 Å². The Hall–Kier alpha value is -3.56. The molecular weight excluding hydrogens is 610 g/mol. The number of hydrogen-bond acceptors (Lipinski definition) is 5. The Balaban J connectivity index is 1.58. The highest BCUT2D eigenvalue weighted by Gasteiger charge is 2.32. The molecule has 1 aliphatic carbocycles. The van der Waals surface area contributed by atoms with Gasteiger partial charge in [-0.05, 0) is 67.6 Å². The van der Waals surface area contributed by atoms with Crippen LogP contribution in [0.15, 0.2) is 78.9 Å². The van der Waals surface area contributed by atoms with Crippen LogP contribution in [0.2, 0.25) is 5.02 Å². The second-order valence-corrected chi connectivity index (χ2v) is 13.8. The van der Waals surface area contributed by atoms with Crippen molar-refractivity contribution in [2.45, 2.75) is 76.9 Å². The van der Waals surface area contributed by atoms with Gasteiger partial charge in [0.2, 0.25) is 21.8 Å². The number of benzene rings is 3. The predicted octanol–water partition coefficient (Wildman–Crippen LogP) is 6.37. The van der Waals surface area contributed by atoms with Crippen LogP contribution in [-0.2, 0) is 32.6 Å². The molecule has 45 heavy (non-hydrogen) atoms. The van der Waals surface area contributed by atoms with E-state index in [-0.39, 0.29) is 43.8 Å². The summed E-state index contributed by atoms with van der Waals surface area (Å²) in [5.74, 6) is 0.226. The summed E-state index contributed by atoms with van der Waals surface area (Å²) in [7, 11) is -3.62. The molecule has 1 aliphatic rings. The first kappa shape index (κ1) is 34.3. The van der Waals surface area contributed by atoms with Crippen LogP contribution in [0.1, 0.15) is 63.0 Å². The van der Waals surface area contributed by atoms with Crippen LogP contribution in [0, 0.1) is 0 Å². The van der Waals surface area contributed by atoms with Gasteiger partial charge in [0.15, 0.2) is 0 Å². The second-order valence-electron chi connectivity index (χ2n) is 11.5. The number of carbonyl (C=O) groups excluding carboxylic acids is 2. The molecule has 2 amide bonds. The lowest BCUT2D eigenvalue weighted by Gasteiger charge is -2.34. The van der Waals surface area contributed by atoms with E-state index in [2.05, 4.69) is 5.32 Å². The molecular formula is C35H44ClN3O5S. The smallest absolute Gasteiger partial charge is 0.243 e. The zero-order valence-corrected chi connectivity index (χ0v) is 27.7. The third kappa shape index (κ3) is 10.2. The highest BCUT2D eigenvalue weighted by molar-refractivity contribution is 7.92. The fourth-order valence-corrected chi connectivity index (χ4v) is 6.95. The van der Waals surface area contributed by atoms with Gasteiger partial charge in [-0.15, -0.1) is 0 Å². The van der Waals surface area contributed by atoms with Gasteiger partial charge in [0.25, 0.3) is 0 Å². The molecule has 8 nitrogen and oxygen atoms in total. The second kappa shape index (κ2) is 16.7. The van der Waals surface area contributed by atoms with E-state index in [0.29, 0.717) is 29.5 Å². The zero-order chi connectivity index (χ0) is 32.2. The Kier molecular flexibility index (Phi) is 12.7. The summed E-state index contributed by atoms with van der Waals surface area (Å²) in [4.78, 5) is 29.7. The third-order valence-corrected chi connectivity index (χ3v) is 9.67. The first-order valence-corrected chi connectivity index (χ1v) is 18.0. The van der Waals surface area contributed by atoms with Gasteiger partial charge in [0.1, 0.15) is 11.8 Å². The fraction of sp³-hybridized carbons (Fsp3) is 0.429. The molecule has 0 spiro atoms. The largest absolute Gasteiger partial charge is 0.494 e. The van der Waals surface area contributed by atoms with Crippen molar-refractivity contribution in [3.63, 3.8) is 0 Å². The summed E-state index contributed by atoms with van der Waals surface area (Å²) in [5.41, 5.74) is 2.18. The van der Waals surface area contributed by atoms with Crippen molar-refractivity contribution >= 4 is 39.1 Å². The molecule has 3 aromatic rings. The zero-order valence-electron chi connectivity index (χ0n) is 26.2. The minimum atomic E-state index is -3.62. The first-order valence-electron chi connectivity index (χ1n) is 15.7. The maximum Gasteiger partial charge on any atom is 0.243 e. The normalized spacial score (nSPS) is 14.4. The topological polar surface area (TPSA) is 96.0 Å². The lowest BCUT2D eigenvalue weighted by molar-refractivity contribution is -0.141. The molecule has 10 heteroatoms. The molecule has 1 saturated carbocycles. The van der Waals surface area contributed by atoms with E-state index in [9.17, 15) is 18.0 Å². The summed E-state index contributed by atoms with van der Waals surface area (Å²) in [6, 6.07) is 23.2. The van der Waals surface area contributed by atoms with Gasteiger partial charge in [-0.3, -0.25) is 13.9 Å². The molecule has 3 aromatic carbocycles. The Bertz CT molecular complexity index is 1500. The van der Waals surface area contributed by atoms with Crippen LogP contribution in [0.3, 0.4) is 0 Å². The van der Waals surface area contributed by atoms with E-state index in [1.807, 2.05) is 55.5 Å². The standard InChI is InChI=1S/C35H44ClN3O5S/c1-3-44-31-22-20-30(21-23-31)39(45(2,42)43)24-12-19-34(40)38(26-28-15-10-11-18-32(28)36)33(25-27-13-6-4-7-14-27)35(41)37-29-16-8-5-9-17-29/h4,6-7,10-11,13-15,18,20-23,29,33H,3,5,8-9,12,16-17,19,24-26H2,1-2H3,(H,37,41). The van der Waals surface area contributed by atoms with Crippen LogP contribution >= 0.6 is 11.6 Å². The predicted molar refractivity (Wildman–Crippen MR) is 180 cm³/mol. The highest BCUT2D eigenvalue weighted by Crippen LogP contribution is 2.25. The molecule has 1 fully saturated rings. The molecule has 242 valence electrons. The molecule has 0 aliphatic heterocycles.